The van der Waals surface area contributed by atoms with E-state index in [2.05, 4.69) is 83.0 Å². The summed E-state index contributed by atoms with van der Waals surface area (Å²) < 4.78 is 173. The highest BCUT2D eigenvalue weighted by atomic mass is 32.3. The lowest BCUT2D eigenvalue weighted by Gasteiger charge is -2.37. The second kappa shape index (κ2) is 38.6. The van der Waals surface area contributed by atoms with Crippen LogP contribution in [0.4, 0.5) is 0 Å². The molecule has 0 rings (SSSR count). The molecule has 0 spiro atoms. The van der Waals surface area contributed by atoms with Crippen molar-refractivity contribution in [2.75, 3.05) is 242 Å². The lowest BCUT2D eigenvalue weighted by Crippen LogP contribution is -2.53. The molecule has 0 radical (unpaired) electrons. The first-order valence-electron chi connectivity index (χ1n) is 24.4. The van der Waals surface area contributed by atoms with Crippen molar-refractivity contribution in [2.45, 2.75) is 43.7 Å². The second-order valence-electron chi connectivity index (χ2n) is 20.4. The van der Waals surface area contributed by atoms with Crippen molar-refractivity contribution < 1.29 is 122 Å². The van der Waals surface area contributed by atoms with E-state index in [9.17, 15) is 39.5 Å². The third kappa shape index (κ3) is 47.9. The highest BCUT2D eigenvalue weighted by Gasteiger charge is 2.39. The third-order valence-electron chi connectivity index (χ3n) is 10.5. The van der Waals surface area contributed by atoms with Gasteiger partial charge in [-0.2, -0.15) is 8.42 Å². The van der Waals surface area contributed by atoms with Gasteiger partial charge in [0.15, 0.2) is 0 Å². The molecule has 4 atom stereocenters. The molecule has 0 heterocycles. The van der Waals surface area contributed by atoms with Gasteiger partial charge < -0.3 is 79.5 Å². The Hall–Kier alpha value is -0.990. The third-order valence-corrected chi connectivity index (χ3v) is 11.9. The van der Waals surface area contributed by atoms with Gasteiger partial charge in [-0.05, 0) is 6.42 Å². The second-order valence-corrected chi connectivity index (χ2v) is 23.6. The Kier molecular flexibility index (Phi) is 38.0. The van der Waals surface area contributed by atoms with E-state index in [1.54, 1.807) is 0 Å². The molecule has 0 aliphatic rings. The minimum absolute atomic E-state index is 0.00519. The van der Waals surface area contributed by atoms with Crippen LogP contribution in [0.15, 0.2) is 0 Å². The predicted octanol–water partition coefficient (Wildman–Crippen LogP) is -1.87. The summed E-state index contributed by atoms with van der Waals surface area (Å²) in [5.74, 6) is 0. The normalized spacial score (nSPS) is 15.2. The quantitative estimate of drug-likeness (QED) is 0.0292. The summed E-state index contributed by atoms with van der Waals surface area (Å²) in [6, 6.07) is 0. The molecule has 0 aromatic rings. The molecular formula is C43H94N4O23S3+2. The maximum atomic E-state index is 11.3. The molecule has 0 aromatic heterocycles. The summed E-state index contributed by atoms with van der Waals surface area (Å²) in [5.41, 5.74) is 0. The molecule has 73 heavy (non-hydrogen) atoms. The van der Waals surface area contributed by atoms with Gasteiger partial charge >= 0.3 is 10.4 Å². The molecule has 0 amide bonds. The molecule has 2 N–H and O–H groups in total. The van der Waals surface area contributed by atoms with E-state index in [1.807, 2.05) is 0 Å². The van der Waals surface area contributed by atoms with Crippen molar-refractivity contribution in [3.05, 3.63) is 0 Å². The zero-order valence-electron chi connectivity index (χ0n) is 45.3. The largest absolute Gasteiger partial charge is 0.726 e. The van der Waals surface area contributed by atoms with Crippen LogP contribution in [0.25, 0.3) is 0 Å². The summed E-state index contributed by atoms with van der Waals surface area (Å²) in [6.07, 6.45) is -2.08. The fourth-order valence-electron chi connectivity index (χ4n) is 6.69. The average Bonchev–Trinajstić information content (AvgIpc) is 3.23. The number of aliphatic hydroxyl groups is 1. The van der Waals surface area contributed by atoms with Crippen LogP contribution in [0.5, 0.6) is 0 Å². The number of likely N-dealkylation sites (N-methyl/N-ethyl adjacent to an activating group) is 2. The molecule has 27 nitrogen and oxygen atoms in total. The van der Waals surface area contributed by atoms with Gasteiger partial charge in [-0.15, -0.1) is 0 Å². The van der Waals surface area contributed by atoms with E-state index < -0.39 is 68.8 Å². The molecule has 4 unspecified atom stereocenters. The molecule has 0 aliphatic carbocycles. The zero-order valence-corrected chi connectivity index (χ0v) is 47.7. The summed E-state index contributed by atoms with van der Waals surface area (Å²) >= 11 is 0. The van der Waals surface area contributed by atoms with Crippen molar-refractivity contribution in [2.24, 2.45) is 0 Å². The van der Waals surface area contributed by atoms with E-state index in [1.165, 1.54) is 0 Å². The molecule has 0 saturated heterocycles. The van der Waals surface area contributed by atoms with Crippen molar-refractivity contribution >= 4 is 31.2 Å². The SMILES string of the molecule is C[N+](C)(C)CCC[N+](C)(C)CCOCCOC(C(COCCO)OCCOCCCOS(=O)(=O)[O-])C(OCCOCC[N+](C)(C)CCC[N+](C)(C)C)C(COCCOS(=O)(=O)O)OCCOCCOS(=O)(=O)[O-]. The van der Waals surface area contributed by atoms with E-state index in [-0.39, 0.29) is 112 Å². The van der Waals surface area contributed by atoms with E-state index >= 15 is 0 Å². The van der Waals surface area contributed by atoms with E-state index in [0.717, 1.165) is 70.0 Å². The van der Waals surface area contributed by atoms with Crippen LogP contribution in [0.2, 0.25) is 0 Å². The number of rotatable bonds is 52. The Labute approximate surface area is 437 Å². The lowest BCUT2D eigenvalue weighted by molar-refractivity contribution is -0.902. The maximum Gasteiger partial charge on any atom is 0.397 e. The van der Waals surface area contributed by atoms with Gasteiger partial charge in [0.25, 0.3) is 0 Å². The number of aliphatic hydroxyl groups excluding tert-OH is 1. The Morgan fingerprint density at radius 3 is 1.15 bits per heavy atom. The van der Waals surface area contributed by atoms with E-state index in [4.69, 9.17) is 51.9 Å². The fourth-order valence-corrected chi connectivity index (χ4v) is 7.56. The van der Waals surface area contributed by atoms with Gasteiger partial charge in [-0.1, -0.05) is 0 Å². The summed E-state index contributed by atoms with van der Waals surface area (Å²) in [6.45, 7) is 3.27. The first kappa shape index (κ1) is 72.0. The highest BCUT2D eigenvalue weighted by molar-refractivity contribution is 7.81. The Bertz CT molecular complexity index is 1700. The monoisotopic (exact) mass is 1130 g/mol. The molecular weight excluding hydrogens is 1040 g/mol. The van der Waals surface area contributed by atoms with Crippen LogP contribution >= 0.6 is 0 Å². The molecule has 30 heteroatoms. The van der Waals surface area contributed by atoms with Crippen LogP contribution < -0.4 is 0 Å². The summed E-state index contributed by atoms with van der Waals surface area (Å²) in [5, 5.41) is 9.66. The molecule has 0 aromatic carbocycles. The van der Waals surface area contributed by atoms with Crippen LogP contribution in [-0.4, -0.2) is 328 Å². The fraction of sp³-hybridized carbons (Fsp3) is 1.00. The minimum Gasteiger partial charge on any atom is -0.726 e. The average molecular weight is 1130 g/mol. The minimum atomic E-state index is -4.94. The molecule has 0 fully saturated rings. The van der Waals surface area contributed by atoms with Gasteiger partial charge in [0.05, 0.1) is 222 Å². The van der Waals surface area contributed by atoms with Crippen molar-refractivity contribution in [1.29, 1.82) is 0 Å². The zero-order chi connectivity index (χ0) is 55.5. The standard InChI is InChI=1S/C43H93N4O23S3/c1-44(2,3)14-11-16-46(7,8)18-23-59-28-34-66-42(40(38-62-25-20-48)64-32-26-58-21-13-22-68-71(49,50)51)43(67-35-29-60-24-19-47(9,10)17-12-15-45(4,5)6)41(39-63-31-37-70-73(55,56)57)65-33-27-61-30-36-69-72(52,53)54/h40-43,48H,11-39H2,1-10H3/q+1/p+1. The van der Waals surface area contributed by atoms with Crippen LogP contribution in [0.3, 0.4) is 0 Å². The van der Waals surface area contributed by atoms with Crippen molar-refractivity contribution in [3.63, 3.8) is 0 Å². The maximum absolute atomic E-state index is 11.3. The first-order valence-corrected chi connectivity index (χ1v) is 28.5. The Morgan fingerprint density at radius 1 is 0.384 bits per heavy atom. The van der Waals surface area contributed by atoms with Gasteiger partial charge in [0.1, 0.15) is 37.5 Å². The Morgan fingerprint density at radius 2 is 0.740 bits per heavy atom. The molecule has 440 valence electrons. The summed E-state index contributed by atoms with van der Waals surface area (Å²) in [7, 11) is 6.87. The van der Waals surface area contributed by atoms with Gasteiger partial charge in [-0.3, -0.25) is 12.9 Å². The van der Waals surface area contributed by atoms with Gasteiger partial charge in [0.2, 0.25) is 20.8 Å². The van der Waals surface area contributed by atoms with Crippen molar-refractivity contribution in [3.8, 4) is 0 Å². The number of hydrogen-bond donors (Lipinski definition) is 2. The molecule has 0 aliphatic heterocycles. The van der Waals surface area contributed by atoms with Gasteiger partial charge in [-0.25, -0.2) is 21.0 Å². The van der Waals surface area contributed by atoms with Gasteiger partial charge in [0, 0.05) is 19.4 Å². The van der Waals surface area contributed by atoms with Crippen LogP contribution in [0.1, 0.15) is 19.3 Å². The van der Waals surface area contributed by atoms with E-state index in [0.29, 0.717) is 13.2 Å². The molecule has 0 saturated carbocycles. The first-order chi connectivity index (χ1) is 33.8. The Balaban J connectivity index is 6.74. The van der Waals surface area contributed by atoms with Crippen LogP contribution in [-0.2, 0) is 91.1 Å². The van der Waals surface area contributed by atoms with Crippen molar-refractivity contribution in [1.82, 2.24) is 0 Å². The smallest absolute Gasteiger partial charge is 0.397 e. The lowest BCUT2D eigenvalue weighted by atomic mass is 10.0. The topological polar surface area (TPSA) is 309 Å². The number of ether oxygens (including phenoxy) is 10. The number of nitrogens with zero attached hydrogens (tertiary/aromatic N) is 4. The highest BCUT2D eigenvalue weighted by Crippen LogP contribution is 2.20. The summed E-state index contributed by atoms with van der Waals surface area (Å²) in [4.78, 5) is 0. The number of hydrogen-bond acceptors (Lipinski definition) is 22. The number of quaternary nitrogens is 4. The van der Waals surface area contributed by atoms with Crippen LogP contribution in [0, 0.1) is 0 Å². The predicted molar refractivity (Wildman–Crippen MR) is 263 cm³/mol. The molecule has 0 bridgehead atoms.